The van der Waals surface area contributed by atoms with Gasteiger partial charge < -0.3 is 9.47 Å². The Hall–Kier alpha value is -0.570. The van der Waals surface area contributed by atoms with E-state index in [1.807, 2.05) is 13.8 Å². The van der Waals surface area contributed by atoms with Crippen LogP contribution in [0.1, 0.15) is 52.4 Å². The van der Waals surface area contributed by atoms with Crippen LogP contribution in [0.3, 0.4) is 0 Å². The number of hydrogen-bond acceptors (Lipinski definition) is 3. The van der Waals surface area contributed by atoms with Gasteiger partial charge in [0.1, 0.15) is 0 Å². The summed E-state index contributed by atoms with van der Waals surface area (Å²) in [5, 5.41) is 0. The number of rotatable bonds is 6. The molecule has 1 rings (SSSR count). The van der Waals surface area contributed by atoms with E-state index in [-0.39, 0.29) is 18.7 Å². The van der Waals surface area contributed by atoms with Crippen molar-refractivity contribution in [3.05, 3.63) is 0 Å². The standard InChI is InChI=1S/C13H24O3/c1-11(2)13(14)16-10-15-9-8-12-6-4-3-5-7-12/h11-12H,3-10H2,1-2H3. The Kier molecular flexibility index (Phi) is 6.46. The van der Waals surface area contributed by atoms with Crippen molar-refractivity contribution in [2.24, 2.45) is 11.8 Å². The Morgan fingerprint density at radius 1 is 1.25 bits per heavy atom. The van der Waals surface area contributed by atoms with Crippen molar-refractivity contribution < 1.29 is 14.3 Å². The molecule has 3 nitrogen and oxygen atoms in total. The van der Waals surface area contributed by atoms with Crippen LogP contribution in [0.25, 0.3) is 0 Å². The van der Waals surface area contributed by atoms with E-state index >= 15 is 0 Å². The van der Waals surface area contributed by atoms with Crippen LogP contribution in [0.2, 0.25) is 0 Å². The average Bonchev–Trinajstić information content (AvgIpc) is 2.29. The molecule has 1 aliphatic carbocycles. The molecule has 16 heavy (non-hydrogen) atoms. The van der Waals surface area contributed by atoms with Crippen molar-refractivity contribution in [2.45, 2.75) is 52.4 Å². The fraction of sp³-hybridized carbons (Fsp3) is 0.923. The second-order valence-electron chi connectivity index (χ2n) is 4.94. The molecule has 0 aromatic rings. The number of carbonyl (C=O) groups excluding carboxylic acids is 1. The fourth-order valence-electron chi connectivity index (χ4n) is 2.05. The van der Waals surface area contributed by atoms with Crippen LogP contribution in [0.4, 0.5) is 0 Å². The van der Waals surface area contributed by atoms with E-state index in [0.717, 1.165) is 18.9 Å². The summed E-state index contributed by atoms with van der Waals surface area (Å²) in [6, 6.07) is 0. The Morgan fingerprint density at radius 2 is 1.94 bits per heavy atom. The van der Waals surface area contributed by atoms with Gasteiger partial charge in [-0.2, -0.15) is 0 Å². The van der Waals surface area contributed by atoms with Crippen molar-refractivity contribution in [3.63, 3.8) is 0 Å². The summed E-state index contributed by atoms with van der Waals surface area (Å²) in [5.41, 5.74) is 0. The van der Waals surface area contributed by atoms with Gasteiger partial charge >= 0.3 is 5.97 Å². The highest BCUT2D eigenvalue weighted by Gasteiger charge is 2.13. The molecule has 1 aliphatic rings. The summed E-state index contributed by atoms with van der Waals surface area (Å²) in [5.74, 6) is 0.578. The van der Waals surface area contributed by atoms with Crippen molar-refractivity contribution in [2.75, 3.05) is 13.4 Å². The van der Waals surface area contributed by atoms with E-state index in [1.54, 1.807) is 0 Å². The predicted octanol–water partition coefficient (Wildman–Crippen LogP) is 3.13. The van der Waals surface area contributed by atoms with Crippen molar-refractivity contribution in [1.29, 1.82) is 0 Å². The van der Waals surface area contributed by atoms with E-state index in [9.17, 15) is 4.79 Å². The second kappa shape index (κ2) is 7.66. The molecule has 0 unspecified atom stereocenters. The first kappa shape index (κ1) is 13.5. The largest absolute Gasteiger partial charge is 0.438 e. The molecule has 0 aliphatic heterocycles. The molecule has 0 bridgehead atoms. The van der Waals surface area contributed by atoms with Crippen LogP contribution < -0.4 is 0 Å². The lowest BCUT2D eigenvalue weighted by Crippen LogP contribution is -2.15. The molecule has 0 spiro atoms. The lowest BCUT2D eigenvalue weighted by molar-refractivity contribution is -0.160. The summed E-state index contributed by atoms with van der Waals surface area (Å²) in [6.07, 6.45) is 7.92. The van der Waals surface area contributed by atoms with Gasteiger partial charge in [-0.3, -0.25) is 4.79 Å². The third-order valence-electron chi connectivity index (χ3n) is 3.15. The summed E-state index contributed by atoms with van der Waals surface area (Å²) in [6.45, 7) is 4.48. The Morgan fingerprint density at radius 3 is 2.56 bits per heavy atom. The molecule has 0 amide bonds. The first-order valence-corrected chi connectivity index (χ1v) is 6.44. The molecule has 0 atom stereocenters. The normalized spacial score (nSPS) is 17.7. The predicted molar refractivity (Wildman–Crippen MR) is 62.9 cm³/mol. The van der Waals surface area contributed by atoms with Crippen LogP contribution >= 0.6 is 0 Å². The summed E-state index contributed by atoms with van der Waals surface area (Å²) < 4.78 is 10.2. The molecule has 94 valence electrons. The lowest BCUT2D eigenvalue weighted by atomic mass is 9.87. The maximum atomic E-state index is 11.1. The minimum atomic E-state index is -0.183. The van der Waals surface area contributed by atoms with Crippen LogP contribution in [0, 0.1) is 11.8 Å². The molecular weight excluding hydrogens is 204 g/mol. The zero-order valence-electron chi connectivity index (χ0n) is 10.5. The van der Waals surface area contributed by atoms with Crippen LogP contribution in [-0.4, -0.2) is 19.4 Å². The second-order valence-corrected chi connectivity index (χ2v) is 4.94. The van der Waals surface area contributed by atoms with Gasteiger partial charge in [-0.1, -0.05) is 46.0 Å². The van der Waals surface area contributed by atoms with Crippen molar-refractivity contribution in [1.82, 2.24) is 0 Å². The highest BCUT2D eigenvalue weighted by atomic mass is 16.7. The van der Waals surface area contributed by atoms with Crippen LogP contribution in [0.5, 0.6) is 0 Å². The number of carbonyl (C=O) groups is 1. The SMILES string of the molecule is CC(C)C(=O)OCOCCC1CCCCC1. The Balaban J connectivity index is 1.93. The van der Waals surface area contributed by atoms with E-state index in [0.29, 0.717) is 0 Å². The molecule has 1 saturated carbocycles. The summed E-state index contributed by atoms with van der Waals surface area (Å²) >= 11 is 0. The molecule has 0 aromatic carbocycles. The van der Waals surface area contributed by atoms with Crippen molar-refractivity contribution >= 4 is 5.97 Å². The van der Waals surface area contributed by atoms with Crippen LogP contribution in [-0.2, 0) is 14.3 Å². The highest BCUT2D eigenvalue weighted by molar-refractivity contribution is 5.71. The Bertz CT molecular complexity index is 195. The van der Waals surface area contributed by atoms with Gasteiger partial charge in [0.15, 0.2) is 6.79 Å². The van der Waals surface area contributed by atoms with E-state index < -0.39 is 0 Å². The third kappa shape index (κ3) is 5.50. The monoisotopic (exact) mass is 228 g/mol. The molecule has 3 heteroatoms. The number of esters is 1. The molecular formula is C13H24O3. The number of ether oxygens (including phenoxy) is 2. The van der Waals surface area contributed by atoms with Gasteiger partial charge in [0.25, 0.3) is 0 Å². The molecule has 0 heterocycles. The zero-order valence-corrected chi connectivity index (χ0v) is 10.5. The Labute approximate surface area is 98.5 Å². The first-order chi connectivity index (χ1) is 7.70. The van der Waals surface area contributed by atoms with E-state index in [2.05, 4.69) is 0 Å². The maximum Gasteiger partial charge on any atom is 0.310 e. The molecule has 0 saturated heterocycles. The van der Waals surface area contributed by atoms with E-state index in [1.165, 1.54) is 32.1 Å². The van der Waals surface area contributed by atoms with Gasteiger partial charge in [-0.25, -0.2) is 0 Å². The third-order valence-corrected chi connectivity index (χ3v) is 3.15. The molecule has 0 N–H and O–H groups in total. The average molecular weight is 228 g/mol. The maximum absolute atomic E-state index is 11.1. The highest BCUT2D eigenvalue weighted by Crippen LogP contribution is 2.25. The van der Waals surface area contributed by atoms with Gasteiger partial charge in [0.2, 0.25) is 0 Å². The summed E-state index contributed by atoms with van der Waals surface area (Å²) in [4.78, 5) is 11.1. The number of hydrogen-bond donors (Lipinski definition) is 0. The topological polar surface area (TPSA) is 35.5 Å². The van der Waals surface area contributed by atoms with Crippen LogP contribution in [0.15, 0.2) is 0 Å². The van der Waals surface area contributed by atoms with E-state index in [4.69, 9.17) is 9.47 Å². The molecule has 0 aromatic heterocycles. The van der Waals surface area contributed by atoms with Gasteiger partial charge in [0, 0.05) is 0 Å². The first-order valence-electron chi connectivity index (χ1n) is 6.44. The van der Waals surface area contributed by atoms with Crippen molar-refractivity contribution in [3.8, 4) is 0 Å². The molecule has 1 fully saturated rings. The molecule has 0 radical (unpaired) electrons. The van der Waals surface area contributed by atoms with Gasteiger partial charge in [-0.15, -0.1) is 0 Å². The minimum absolute atomic E-state index is 0.0676. The zero-order chi connectivity index (χ0) is 11.8. The quantitative estimate of drug-likeness (QED) is 0.398. The minimum Gasteiger partial charge on any atom is -0.438 e. The smallest absolute Gasteiger partial charge is 0.310 e. The fourth-order valence-corrected chi connectivity index (χ4v) is 2.05. The van der Waals surface area contributed by atoms with Gasteiger partial charge in [0.05, 0.1) is 12.5 Å². The lowest BCUT2D eigenvalue weighted by Gasteiger charge is -2.21. The van der Waals surface area contributed by atoms with Gasteiger partial charge in [-0.05, 0) is 12.3 Å². The summed E-state index contributed by atoms with van der Waals surface area (Å²) in [7, 11) is 0.